The number of carboxylic acid groups (broad SMARTS) is 1. The van der Waals surface area contributed by atoms with E-state index in [2.05, 4.69) is 32.1 Å². The second kappa shape index (κ2) is 12.7. The summed E-state index contributed by atoms with van der Waals surface area (Å²) in [6.45, 7) is 3.86. The largest absolute Gasteiger partial charge is 0.480 e. The Bertz CT molecular complexity index is 1430. The number of thiazole rings is 1. The maximum atomic E-state index is 15.6. The number of halogens is 5. The quantitative estimate of drug-likeness (QED) is 0.268. The van der Waals surface area contributed by atoms with E-state index in [0.29, 0.717) is 44.2 Å². The van der Waals surface area contributed by atoms with Gasteiger partial charge in [0.1, 0.15) is 12.9 Å². The molecule has 5 rings (SSSR count). The molecule has 42 heavy (non-hydrogen) atoms. The smallest absolute Gasteiger partial charge is 0.416 e. The SMILES string of the molecule is C[C@@H]1CCCN1Cc1sc(Nc2ncnc(N3CCC(OCC(=O)O)CC3)c2F)nc1-c1cc(Cl)cc(C(F)(F)F)c1. The fraction of sp³-hybridized carbons (Fsp3) is 0.481. The number of likely N-dealkylation sites (tertiary alicyclic amines) is 1. The molecule has 2 aliphatic heterocycles. The second-order valence-corrected chi connectivity index (χ2v) is 11.9. The predicted molar refractivity (Wildman–Crippen MR) is 151 cm³/mol. The van der Waals surface area contributed by atoms with Crippen molar-refractivity contribution in [2.24, 2.45) is 0 Å². The molecule has 0 saturated carbocycles. The highest BCUT2D eigenvalue weighted by molar-refractivity contribution is 7.16. The zero-order valence-corrected chi connectivity index (χ0v) is 24.2. The first-order valence-electron chi connectivity index (χ1n) is 13.5. The molecule has 4 heterocycles. The Morgan fingerprint density at radius 3 is 2.62 bits per heavy atom. The van der Waals surface area contributed by atoms with Crippen molar-refractivity contribution in [2.75, 3.05) is 36.5 Å². The van der Waals surface area contributed by atoms with Gasteiger partial charge >= 0.3 is 12.1 Å². The van der Waals surface area contributed by atoms with Gasteiger partial charge in [0.15, 0.2) is 16.8 Å². The van der Waals surface area contributed by atoms with Crippen molar-refractivity contribution in [3.05, 3.63) is 45.8 Å². The molecule has 226 valence electrons. The van der Waals surface area contributed by atoms with Gasteiger partial charge in [-0.2, -0.15) is 17.6 Å². The van der Waals surface area contributed by atoms with Gasteiger partial charge in [-0.15, -0.1) is 0 Å². The van der Waals surface area contributed by atoms with E-state index in [0.717, 1.165) is 36.4 Å². The number of carbonyl (C=O) groups is 1. The lowest BCUT2D eigenvalue weighted by atomic mass is 10.1. The first kappa shape index (κ1) is 30.4. The van der Waals surface area contributed by atoms with Crippen LogP contribution in [0, 0.1) is 5.82 Å². The van der Waals surface area contributed by atoms with Gasteiger partial charge in [-0.3, -0.25) is 4.90 Å². The van der Waals surface area contributed by atoms with Crippen LogP contribution in [0.2, 0.25) is 5.02 Å². The third kappa shape index (κ3) is 7.10. The predicted octanol–water partition coefficient (Wildman–Crippen LogP) is 6.21. The van der Waals surface area contributed by atoms with Crippen molar-refractivity contribution in [3.8, 4) is 11.3 Å². The fourth-order valence-corrected chi connectivity index (χ4v) is 6.48. The van der Waals surface area contributed by atoms with Crippen LogP contribution in [-0.4, -0.2) is 69.3 Å². The summed E-state index contributed by atoms with van der Waals surface area (Å²) < 4.78 is 61.7. The molecule has 1 aromatic carbocycles. The lowest BCUT2D eigenvalue weighted by Gasteiger charge is -2.32. The summed E-state index contributed by atoms with van der Waals surface area (Å²) in [4.78, 5) is 28.2. The zero-order valence-electron chi connectivity index (χ0n) is 22.6. The van der Waals surface area contributed by atoms with E-state index in [1.54, 1.807) is 4.90 Å². The Kier molecular flexibility index (Phi) is 9.16. The Morgan fingerprint density at radius 1 is 1.19 bits per heavy atom. The normalized spacial score (nSPS) is 18.5. The van der Waals surface area contributed by atoms with Crippen molar-refractivity contribution >= 4 is 45.7 Å². The minimum absolute atomic E-state index is 0.0635. The van der Waals surface area contributed by atoms with Crippen molar-refractivity contribution in [3.63, 3.8) is 0 Å². The molecule has 0 spiro atoms. The first-order valence-corrected chi connectivity index (χ1v) is 14.6. The molecule has 0 amide bonds. The molecule has 0 radical (unpaired) electrons. The van der Waals surface area contributed by atoms with Crippen LogP contribution in [0.15, 0.2) is 24.5 Å². The van der Waals surface area contributed by atoms with Gasteiger partial charge in [-0.05, 0) is 57.4 Å². The van der Waals surface area contributed by atoms with E-state index in [1.807, 2.05) is 0 Å². The van der Waals surface area contributed by atoms with Gasteiger partial charge in [0, 0.05) is 41.1 Å². The van der Waals surface area contributed by atoms with Crippen LogP contribution < -0.4 is 10.2 Å². The number of benzene rings is 1. The molecular formula is C27H29ClF4N6O3S. The number of hydrogen-bond donors (Lipinski definition) is 2. The Morgan fingerprint density at radius 2 is 1.95 bits per heavy atom. The van der Waals surface area contributed by atoms with E-state index in [1.165, 1.54) is 23.7 Å². The molecule has 2 saturated heterocycles. The molecule has 0 bridgehead atoms. The summed E-state index contributed by atoms with van der Waals surface area (Å²) in [6.07, 6.45) is -0.547. The maximum absolute atomic E-state index is 15.6. The first-order chi connectivity index (χ1) is 20.0. The van der Waals surface area contributed by atoms with E-state index >= 15 is 4.39 Å². The van der Waals surface area contributed by atoms with Crippen LogP contribution in [0.3, 0.4) is 0 Å². The highest BCUT2D eigenvalue weighted by Crippen LogP contribution is 2.39. The Balaban J connectivity index is 1.41. The van der Waals surface area contributed by atoms with Crippen LogP contribution in [0.25, 0.3) is 11.3 Å². The third-order valence-corrected chi connectivity index (χ3v) is 8.59. The molecule has 2 N–H and O–H groups in total. The van der Waals surface area contributed by atoms with E-state index in [9.17, 15) is 18.0 Å². The molecular weight excluding hydrogens is 600 g/mol. The number of aromatic nitrogens is 3. The van der Waals surface area contributed by atoms with Crippen molar-refractivity contribution in [1.29, 1.82) is 0 Å². The average molecular weight is 629 g/mol. The lowest BCUT2D eigenvalue weighted by Crippen LogP contribution is -2.38. The topological polar surface area (TPSA) is 104 Å². The molecule has 3 aromatic rings. The summed E-state index contributed by atoms with van der Waals surface area (Å²) in [5, 5.41) is 11.9. The standard InChI is InChI=1S/C27H29ClF4N6O3S/c1-15-3-2-6-38(15)12-20-23(16-9-17(27(30,31)32)11-18(28)10-16)35-26(42-20)36-24-22(29)25(34-14-33-24)37-7-4-19(5-8-37)41-13-21(39)40/h9-11,14-15,19H,2-8,12-13H2,1H3,(H,39,40)(H,33,34,35,36)/t15-/m1/s1. The highest BCUT2D eigenvalue weighted by Gasteiger charge is 2.32. The van der Waals surface area contributed by atoms with Crippen LogP contribution >= 0.6 is 22.9 Å². The number of nitrogens with zero attached hydrogens (tertiary/aromatic N) is 5. The number of nitrogens with one attached hydrogen (secondary N) is 1. The minimum Gasteiger partial charge on any atom is -0.480 e. The lowest BCUT2D eigenvalue weighted by molar-refractivity contribution is -0.144. The van der Waals surface area contributed by atoms with Crippen LogP contribution in [0.1, 0.15) is 43.0 Å². The van der Waals surface area contributed by atoms with E-state index < -0.39 is 23.5 Å². The van der Waals surface area contributed by atoms with E-state index in [-0.39, 0.29) is 40.1 Å². The van der Waals surface area contributed by atoms with Crippen molar-refractivity contribution in [1.82, 2.24) is 19.9 Å². The summed E-state index contributed by atoms with van der Waals surface area (Å²) in [7, 11) is 0. The van der Waals surface area contributed by atoms with Gasteiger partial charge in [0.2, 0.25) is 5.82 Å². The van der Waals surface area contributed by atoms with Gasteiger partial charge in [-0.25, -0.2) is 19.7 Å². The van der Waals surface area contributed by atoms with Gasteiger partial charge in [-0.1, -0.05) is 22.9 Å². The number of alkyl halides is 3. The van der Waals surface area contributed by atoms with E-state index in [4.69, 9.17) is 21.4 Å². The number of ether oxygens (including phenoxy) is 1. The minimum atomic E-state index is -4.59. The fourth-order valence-electron chi connectivity index (χ4n) is 5.23. The Hall–Kier alpha value is -3.07. The molecule has 9 nitrogen and oxygen atoms in total. The average Bonchev–Trinajstić information content (AvgIpc) is 3.53. The maximum Gasteiger partial charge on any atom is 0.416 e. The number of aliphatic carboxylic acids is 1. The van der Waals surface area contributed by atoms with Gasteiger partial charge < -0.3 is 20.1 Å². The summed E-state index contributed by atoms with van der Waals surface area (Å²) in [5.41, 5.74) is -0.317. The monoisotopic (exact) mass is 628 g/mol. The van der Waals surface area contributed by atoms with Crippen LogP contribution in [0.4, 0.5) is 34.3 Å². The van der Waals surface area contributed by atoms with Crippen molar-refractivity contribution < 1.29 is 32.2 Å². The number of hydrogen-bond acceptors (Lipinski definition) is 9. The molecule has 0 aliphatic carbocycles. The van der Waals surface area contributed by atoms with Gasteiger partial charge in [0.25, 0.3) is 0 Å². The molecule has 15 heteroatoms. The van der Waals surface area contributed by atoms with Gasteiger partial charge in [0.05, 0.1) is 17.4 Å². The summed E-state index contributed by atoms with van der Waals surface area (Å²) >= 11 is 7.31. The summed E-state index contributed by atoms with van der Waals surface area (Å²) in [6, 6.07) is 3.65. The number of carboxylic acids is 1. The highest BCUT2D eigenvalue weighted by atomic mass is 35.5. The van der Waals surface area contributed by atoms with Crippen LogP contribution in [-0.2, 0) is 22.3 Å². The summed E-state index contributed by atoms with van der Waals surface area (Å²) in [5.74, 6) is -1.78. The molecule has 1 atom stereocenters. The Labute approximate surface area is 248 Å². The van der Waals surface area contributed by atoms with Crippen molar-refractivity contribution in [2.45, 2.75) is 57.5 Å². The molecule has 2 aliphatic rings. The number of anilines is 3. The third-order valence-electron chi connectivity index (χ3n) is 7.41. The number of piperidine rings is 1. The zero-order chi connectivity index (χ0) is 30.0. The van der Waals surface area contributed by atoms with Crippen LogP contribution in [0.5, 0.6) is 0 Å². The molecule has 2 aromatic heterocycles. The molecule has 0 unspecified atom stereocenters. The number of rotatable bonds is 9. The second-order valence-electron chi connectivity index (χ2n) is 10.4. The molecule has 2 fully saturated rings.